The Kier molecular flexibility index (Phi) is 5.75. The normalized spacial score (nSPS) is 17.3. The number of ether oxygens (including phenoxy) is 2. The lowest BCUT2D eigenvalue weighted by molar-refractivity contribution is -0.143. The van der Waals surface area contributed by atoms with Crippen LogP contribution in [0.15, 0.2) is 28.8 Å². The highest BCUT2D eigenvalue weighted by atomic mass is 32.1. The number of rotatable bonds is 6. The predicted molar refractivity (Wildman–Crippen MR) is 83.8 cm³/mol. The third kappa shape index (κ3) is 4.56. The smallest absolute Gasteiger partial charge is 0.338 e. The number of thiophene rings is 1. The Bertz CT molecular complexity index is 624. The zero-order chi connectivity index (χ0) is 16.8. The predicted octanol–water partition coefficient (Wildman–Crippen LogP) is 1.35. The van der Waals surface area contributed by atoms with Crippen molar-refractivity contribution in [3.05, 3.63) is 33.7 Å². The molecule has 7 nitrogen and oxygen atoms in total. The number of nitrogens with one attached hydrogen (secondary N) is 2. The van der Waals surface area contributed by atoms with Crippen molar-refractivity contribution in [2.45, 2.75) is 26.3 Å². The lowest BCUT2D eigenvalue weighted by Crippen LogP contribution is -2.50. The molecule has 8 heteroatoms. The summed E-state index contributed by atoms with van der Waals surface area (Å²) >= 11 is 1.46. The molecule has 0 saturated heterocycles. The summed E-state index contributed by atoms with van der Waals surface area (Å²) in [5.41, 5.74) is 0.509. The molecule has 0 aromatic carbocycles. The van der Waals surface area contributed by atoms with Gasteiger partial charge in [-0.25, -0.2) is 9.59 Å². The molecule has 1 aromatic heterocycles. The molecule has 23 heavy (non-hydrogen) atoms. The number of carbonyl (C=O) groups excluding carboxylic acids is 3. The van der Waals surface area contributed by atoms with E-state index in [0.717, 1.165) is 4.88 Å². The van der Waals surface area contributed by atoms with Gasteiger partial charge in [0, 0.05) is 4.88 Å². The molecule has 0 aliphatic carbocycles. The van der Waals surface area contributed by atoms with Gasteiger partial charge >= 0.3 is 18.0 Å². The molecule has 124 valence electrons. The van der Waals surface area contributed by atoms with E-state index in [2.05, 4.69) is 10.6 Å². The molecule has 2 N–H and O–H groups in total. The first-order valence-electron chi connectivity index (χ1n) is 7.17. The average Bonchev–Trinajstić information content (AvgIpc) is 2.97. The largest absolute Gasteiger partial charge is 0.463 e. The molecule has 2 amide bonds. The molecule has 2 rings (SSSR count). The van der Waals surface area contributed by atoms with Crippen LogP contribution in [0.5, 0.6) is 0 Å². The summed E-state index contributed by atoms with van der Waals surface area (Å²) in [6.07, 6.45) is 0.154. The van der Waals surface area contributed by atoms with Crippen LogP contribution in [0.1, 0.15) is 18.7 Å². The second-order valence-electron chi connectivity index (χ2n) is 4.85. The van der Waals surface area contributed by atoms with Crippen molar-refractivity contribution in [3.63, 3.8) is 0 Å². The molecule has 1 aliphatic heterocycles. The number of esters is 2. The summed E-state index contributed by atoms with van der Waals surface area (Å²) in [6.45, 7) is 3.39. The maximum atomic E-state index is 12.0. The van der Waals surface area contributed by atoms with Crippen LogP contribution < -0.4 is 10.6 Å². The highest BCUT2D eigenvalue weighted by Crippen LogP contribution is 2.15. The molecule has 1 aliphatic rings. The van der Waals surface area contributed by atoms with Crippen LogP contribution in [0, 0.1) is 0 Å². The first kappa shape index (κ1) is 17.0. The molecule has 0 bridgehead atoms. The molecule has 0 saturated carbocycles. The molecule has 0 spiro atoms. The minimum absolute atomic E-state index is 0.154. The van der Waals surface area contributed by atoms with Crippen LogP contribution in [0.3, 0.4) is 0 Å². The maximum Gasteiger partial charge on any atom is 0.338 e. The second-order valence-corrected chi connectivity index (χ2v) is 5.88. The Labute approximate surface area is 137 Å². The van der Waals surface area contributed by atoms with Gasteiger partial charge in [0.25, 0.3) is 0 Å². The van der Waals surface area contributed by atoms with Gasteiger partial charge in [-0.2, -0.15) is 0 Å². The molecule has 1 unspecified atom stereocenters. The quantitative estimate of drug-likeness (QED) is 0.764. The van der Waals surface area contributed by atoms with Crippen molar-refractivity contribution in [1.29, 1.82) is 0 Å². The summed E-state index contributed by atoms with van der Waals surface area (Å²) in [5, 5.41) is 6.95. The van der Waals surface area contributed by atoms with Gasteiger partial charge in [0.15, 0.2) is 0 Å². The van der Waals surface area contributed by atoms with E-state index in [9.17, 15) is 14.4 Å². The van der Waals surface area contributed by atoms with Gasteiger partial charge in [-0.15, -0.1) is 11.3 Å². The zero-order valence-electron chi connectivity index (χ0n) is 12.9. The maximum absolute atomic E-state index is 12.0. The van der Waals surface area contributed by atoms with Crippen molar-refractivity contribution in [2.75, 3.05) is 13.2 Å². The van der Waals surface area contributed by atoms with E-state index in [1.807, 2.05) is 17.5 Å². The van der Waals surface area contributed by atoms with Gasteiger partial charge in [0.05, 0.1) is 30.3 Å². The summed E-state index contributed by atoms with van der Waals surface area (Å²) in [6, 6.07) is 2.72. The van der Waals surface area contributed by atoms with Gasteiger partial charge in [-0.3, -0.25) is 4.79 Å². The Hall–Kier alpha value is -2.35. The van der Waals surface area contributed by atoms with E-state index in [1.54, 1.807) is 13.8 Å². The SMILES string of the molecule is CCOC(=O)C1=C(COC(=O)Cc2cccs2)NC(=O)NC1C. The second kappa shape index (κ2) is 7.77. The summed E-state index contributed by atoms with van der Waals surface area (Å²) in [4.78, 5) is 36.3. The van der Waals surface area contributed by atoms with E-state index in [-0.39, 0.29) is 30.9 Å². The number of urea groups is 1. The molecular weight excluding hydrogens is 320 g/mol. The van der Waals surface area contributed by atoms with E-state index in [4.69, 9.17) is 9.47 Å². The Balaban J connectivity index is 2.06. The van der Waals surface area contributed by atoms with Gasteiger partial charge in [-0.1, -0.05) is 6.07 Å². The summed E-state index contributed by atoms with van der Waals surface area (Å²) < 4.78 is 10.2. The number of hydrogen-bond donors (Lipinski definition) is 2. The zero-order valence-corrected chi connectivity index (χ0v) is 13.7. The first-order valence-corrected chi connectivity index (χ1v) is 8.05. The number of amides is 2. The third-order valence-electron chi connectivity index (χ3n) is 3.14. The number of carbonyl (C=O) groups is 3. The van der Waals surface area contributed by atoms with Gasteiger partial charge in [-0.05, 0) is 25.3 Å². The van der Waals surface area contributed by atoms with Gasteiger partial charge < -0.3 is 20.1 Å². The monoisotopic (exact) mass is 338 g/mol. The average molecular weight is 338 g/mol. The van der Waals surface area contributed by atoms with Crippen molar-refractivity contribution < 1.29 is 23.9 Å². The molecule has 2 heterocycles. The molecule has 0 radical (unpaired) electrons. The van der Waals surface area contributed by atoms with Crippen LogP contribution >= 0.6 is 11.3 Å². The Morgan fingerprint density at radius 3 is 2.78 bits per heavy atom. The molecular formula is C15H18N2O5S. The minimum atomic E-state index is -0.545. The molecule has 1 aromatic rings. The lowest BCUT2D eigenvalue weighted by atomic mass is 10.0. The number of hydrogen-bond acceptors (Lipinski definition) is 6. The Morgan fingerprint density at radius 2 is 2.13 bits per heavy atom. The first-order chi connectivity index (χ1) is 11.0. The summed E-state index contributed by atoms with van der Waals surface area (Å²) in [5.74, 6) is -0.972. The molecule has 0 fully saturated rings. The fourth-order valence-electron chi connectivity index (χ4n) is 2.15. The van der Waals surface area contributed by atoms with Crippen LogP contribution in [0.2, 0.25) is 0 Å². The highest BCUT2D eigenvalue weighted by molar-refractivity contribution is 7.10. The van der Waals surface area contributed by atoms with Gasteiger partial charge in [0.2, 0.25) is 0 Å². The van der Waals surface area contributed by atoms with Crippen molar-refractivity contribution in [1.82, 2.24) is 10.6 Å². The van der Waals surface area contributed by atoms with Crippen LogP contribution in [0.4, 0.5) is 4.79 Å². The van der Waals surface area contributed by atoms with E-state index in [0.29, 0.717) is 0 Å². The van der Waals surface area contributed by atoms with E-state index >= 15 is 0 Å². The third-order valence-corrected chi connectivity index (χ3v) is 4.02. The van der Waals surface area contributed by atoms with Crippen molar-refractivity contribution in [2.24, 2.45) is 0 Å². The van der Waals surface area contributed by atoms with E-state index in [1.165, 1.54) is 11.3 Å². The van der Waals surface area contributed by atoms with Crippen LogP contribution in [-0.4, -0.2) is 37.2 Å². The Morgan fingerprint density at radius 1 is 1.35 bits per heavy atom. The fraction of sp³-hybridized carbons (Fsp3) is 0.400. The highest BCUT2D eigenvalue weighted by Gasteiger charge is 2.30. The fourth-order valence-corrected chi connectivity index (χ4v) is 2.84. The molecule has 1 atom stereocenters. The lowest BCUT2D eigenvalue weighted by Gasteiger charge is -2.26. The van der Waals surface area contributed by atoms with E-state index < -0.39 is 24.0 Å². The minimum Gasteiger partial charge on any atom is -0.463 e. The van der Waals surface area contributed by atoms with Gasteiger partial charge in [0.1, 0.15) is 6.61 Å². The van der Waals surface area contributed by atoms with Crippen molar-refractivity contribution in [3.8, 4) is 0 Å². The van der Waals surface area contributed by atoms with Crippen LogP contribution in [0.25, 0.3) is 0 Å². The van der Waals surface area contributed by atoms with Crippen LogP contribution in [-0.2, 0) is 25.5 Å². The topological polar surface area (TPSA) is 93.7 Å². The summed E-state index contributed by atoms with van der Waals surface area (Å²) in [7, 11) is 0. The standard InChI is InChI=1S/C15H18N2O5S/c1-3-21-14(19)13-9(2)16-15(20)17-11(13)8-22-12(18)7-10-5-4-6-23-10/h4-6,9H,3,7-8H2,1-2H3,(H2,16,17,20). The van der Waals surface area contributed by atoms with Crippen molar-refractivity contribution >= 4 is 29.3 Å².